The summed E-state index contributed by atoms with van der Waals surface area (Å²) in [5.41, 5.74) is 0.0929. The summed E-state index contributed by atoms with van der Waals surface area (Å²) in [5.74, 6) is -0.568. The molecule has 0 heterocycles. The van der Waals surface area contributed by atoms with Crippen LogP contribution in [0, 0.1) is 5.82 Å². The number of aldehydes is 1. The van der Waals surface area contributed by atoms with Crippen LogP contribution < -0.4 is 10.1 Å². The fourth-order valence-corrected chi connectivity index (χ4v) is 1.65. The Bertz CT molecular complexity index is 444. The quantitative estimate of drug-likeness (QED) is 0.771. The van der Waals surface area contributed by atoms with Crippen molar-refractivity contribution in [3.63, 3.8) is 0 Å². The number of amides is 1. The Morgan fingerprint density at radius 1 is 1.42 bits per heavy atom. The van der Waals surface area contributed by atoms with Crippen LogP contribution in [0.25, 0.3) is 0 Å². The van der Waals surface area contributed by atoms with Crippen LogP contribution in [0.3, 0.4) is 0 Å². The van der Waals surface area contributed by atoms with Gasteiger partial charge in [-0.2, -0.15) is 0 Å². The van der Waals surface area contributed by atoms with Crippen molar-refractivity contribution in [3.05, 3.63) is 29.6 Å². The molecule has 1 N–H and O–H groups in total. The molecule has 0 bridgehead atoms. The molecular weight excluding hydrogens is 249 g/mol. The minimum absolute atomic E-state index is 0.0929. The molecule has 1 rings (SSSR count). The lowest BCUT2D eigenvalue weighted by molar-refractivity contribution is -0.123. The molecule has 0 aliphatic carbocycles. The van der Waals surface area contributed by atoms with Gasteiger partial charge in [0, 0.05) is 6.04 Å². The molecule has 0 atom stereocenters. The minimum atomic E-state index is -0.518. The van der Waals surface area contributed by atoms with Gasteiger partial charge in [0.1, 0.15) is 11.6 Å². The average molecular weight is 267 g/mol. The molecule has 0 unspecified atom stereocenters. The zero-order valence-corrected chi connectivity index (χ0v) is 11.1. The monoisotopic (exact) mass is 267 g/mol. The van der Waals surface area contributed by atoms with Crippen molar-refractivity contribution in [3.8, 4) is 5.75 Å². The van der Waals surface area contributed by atoms with Crippen molar-refractivity contribution in [2.24, 2.45) is 0 Å². The Morgan fingerprint density at radius 2 is 2.11 bits per heavy atom. The lowest BCUT2D eigenvalue weighted by Crippen LogP contribution is -2.37. The molecule has 0 saturated carbocycles. The second-order valence-electron chi connectivity index (χ2n) is 4.17. The first-order valence-corrected chi connectivity index (χ1v) is 6.27. The normalized spacial score (nSPS) is 10.3. The van der Waals surface area contributed by atoms with E-state index in [9.17, 15) is 14.0 Å². The summed E-state index contributed by atoms with van der Waals surface area (Å²) in [5, 5.41) is 2.81. The van der Waals surface area contributed by atoms with E-state index < -0.39 is 5.82 Å². The summed E-state index contributed by atoms with van der Waals surface area (Å²) in [6.45, 7) is 3.78. The molecule has 4 nitrogen and oxygen atoms in total. The van der Waals surface area contributed by atoms with Gasteiger partial charge in [0.15, 0.2) is 12.9 Å². The topological polar surface area (TPSA) is 55.4 Å². The van der Waals surface area contributed by atoms with Crippen molar-refractivity contribution >= 4 is 12.2 Å². The first kappa shape index (κ1) is 15.1. The van der Waals surface area contributed by atoms with Crippen LogP contribution in [0.1, 0.15) is 37.0 Å². The Labute approximate surface area is 112 Å². The summed E-state index contributed by atoms with van der Waals surface area (Å²) >= 11 is 0. The number of carbonyl (C=O) groups is 2. The number of ether oxygens (including phenoxy) is 1. The van der Waals surface area contributed by atoms with Crippen molar-refractivity contribution in [1.82, 2.24) is 5.32 Å². The molecule has 0 fully saturated rings. The van der Waals surface area contributed by atoms with Gasteiger partial charge in [-0.15, -0.1) is 0 Å². The number of halogens is 1. The van der Waals surface area contributed by atoms with Crippen LogP contribution in [-0.4, -0.2) is 24.8 Å². The van der Waals surface area contributed by atoms with Gasteiger partial charge in [0.05, 0.1) is 5.56 Å². The summed E-state index contributed by atoms with van der Waals surface area (Å²) in [7, 11) is 0. The van der Waals surface area contributed by atoms with Crippen LogP contribution in [0.2, 0.25) is 0 Å². The Balaban J connectivity index is 2.57. The van der Waals surface area contributed by atoms with Gasteiger partial charge < -0.3 is 10.1 Å². The van der Waals surface area contributed by atoms with Crippen molar-refractivity contribution in [2.75, 3.05) is 6.61 Å². The van der Waals surface area contributed by atoms with E-state index in [1.54, 1.807) is 0 Å². The SMILES string of the molecule is CCC(CC)NC(=O)COc1ccc(F)cc1C=O. The minimum Gasteiger partial charge on any atom is -0.483 e. The van der Waals surface area contributed by atoms with Crippen LogP contribution in [0.5, 0.6) is 5.75 Å². The third-order valence-corrected chi connectivity index (χ3v) is 2.81. The van der Waals surface area contributed by atoms with E-state index in [1.807, 2.05) is 13.8 Å². The Kier molecular flexibility index (Phi) is 5.99. The lowest BCUT2D eigenvalue weighted by atomic mass is 10.2. The molecule has 0 aliphatic rings. The molecule has 0 aromatic heterocycles. The number of rotatable bonds is 7. The zero-order chi connectivity index (χ0) is 14.3. The smallest absolute Gasteiger partial charge is 0.258 e. The van der Waals surface area contributed by atoms with Crippen LogP contribution in [0.15, 0.2) is 18.2 Å². The molecule has 1 aromatic carbocycles. The summed E-state index contributed by atoms with van der Waals surface area (Å²) in [4.78, 5) is 22.4. The fourth-order valence-electron chi connectivity index (χ4n) is 1.65. The average Bonchev–Trinajstić information content (AvgIpc) is 2.43. The molecule has 0 spiro atoms. The van der Waals surface area contributed by atoms with E-state index in [-0.39, 0.29) is 29.9 Å². The second-order valence-corrected chi connectivity index (χ2v) is 4.17. The molecule has 0 aliphatic heterocycles. The van der Waals surface area contributed by atoms with Crippen LogP contribution >= 0.6 is 0 Å². The number of hydrogen-bond donors (Lipinski definition) is 1. The number of nitrogens with one attached hydrogen (secondary N) is 1. The maximum Gasteiger partial charge on any atom is 0.258 e. The Morgan fingerprint density at radius 3 is 2.68 bits per heavy atom. The van der Waals surface area contributed by atoms with Crippen molar-refractivity contribution in [2.45, 2.75) is 32.7 Å². The van der Waals surface area contributed by atoms with Crippen LogP contribution in [0.4, 0.5) is 4.39 Å². The van der Waals surface area contributed by atoms with E-state index in [1.165, 1.54) is 12.1 Å². The third-order valence-electron chi connectivity index (χ3n) is 2.81. The maximum absolute atomic E-state index is 12.9. The van der Waals surface area contributed by atoms with Gasteiger partial charge in [0.25, 0.3) is 5.91 Å². The zero-order valence-electron chi connectivity index (χ0n) is 11.1. The van der Waals surface area contributed by atoms with E-state index in [0.717, 1.165) is 18.9 Å². The first-order valence-electron chi connectivity index (χ1n) is 6.27. The highest BCUT2D eigenvalue weighted by atomic mass is 19.1. The molecule has 1 amide bonds. The largest absolute Gasteiger partial charge is 0.483 e. The van der Waals surface area contributed by atoms with Crippen molar-refractivity contribution < 1.29 is 18.7 Å². The fraction of sp³-hybridized carbons (Fsp3) is 0.429. The standard InChI is InChI=1S/C14H18FNO3/c1-3-12(4-2)16-14(18)9-19-13-6-5-11(15)7-10(13)8-17/h5-8,12H,3-4,9H2,1-2H3,(H,16,18). The molecule has 104 valence electrons. The van der Waals surface area contributed by atoms with Gasteiger partial charge in [-0.3, -0.25) is 9.59 Å². The number of benzene rings is 1. The predicted molar refractivity (Wildman–Crippen MR) is 69.8 cm³/mol. The van der Waals surface area contributed by atoms with Gasteiger partial charge in [0.2, 0.25) is 0 Å². The van der Waals surface area contributed by atoms with Gasteiger partial charge in [-0.05, 0) is 31.0 Å². The Hall–Kier alpha value is -1.91. The molecule has 0 saturated heterocycles. The highest BCUT2D eigenvalue weighted by molar-refractivity contribution is 5.81. The number of carbonyl (C=O) groups excluding carboxylic acids is 2. The predicted octanol–water partition coefficient (Wildman–Crippen LogP) is 2.32. The van der Waals surface area contributed by atoms with E-state index in [2.05, 4.69) is 5.32 Å². The van der Waals surface area contributed by atoms with Crippen molar-refractivity contribution in [1.29, 1.82) is 0 Å². The molecule has 19 heavy (non-hydrogen) atoms. The highest BCUT2D eigenvalue weighted by Crippen LogP contribution is 2.17. The summed E-state index contributed by atoms with van der Waals surface area (Å²) in [6.07, 6.45) is 2.19. The van der Waals surface area contributed by atoms with Crippen LogP contribution in [-0.2, 0) is 4.79 Å². The van der Waals surface area contributed by atoms with E-state index in [4.69, 9.17) is 4.74 Å². The lowest BCUT2D eigenvalue weighted by Gasteiger charge is -2.15. The molecular formula is C14H18FNO3. The van der Waals surface area contributed by atoms with Gasteiger partial charge in [-0.1, -0.05) is 13.8 Å². The maximum atomic E-state index is 12.9. The van der Waals surface area contributed by atoms with E-state index >= 15 is 0 Å². The molecule has 0 radical (unpaired) electrons. The van der Waals surface area contributed by atoms with Gasteiger partial charge >= 0.3 is 0 Å². The highest BCUT2D eigenvalue weighted by Gasteiger charge is 2.10. The van der Waals surface area contributed by atoms with E-state index in [0.29, 0.717) is 6.29 Å². The first-order chi connectivity index (χ1) is 9.10. The van der Waals surface area contributed by atoms with Gasteiger partial charge in [-0.25, -0.2) is 4.39 Å². The number of hydrogen-bond acceptors (Lipinski definition) is 3. The second kappa shape index (κ2) is 7.51. The molecule has 1 aromatic rings. The summed E-state index contributed by atoms with van der Waals surface area (Å²) < 4.78 is 18.1. The molecule has 5 heteroatoms. The summed E-state index contributed by atoms with van der Waals surface area (Å²) in [6, 6.07) is 3.71. The third kappa shape index (κ3) is 4.69.